The Labute approximate surface area is 155 Å². The second-order valence-electron chi connectivity index (χ2n) is 6.54. The van der Waals surface area contributed by atoms with Crippen LogP contribution in [0.25, 0.3) is 0 Å². The maximum atomic E-state index is 9.93. The van der Waals surface area contributed by atoms with Crippen molar-refractivity contribution in [3.8, 4) is 11.5 Å². The summed E-state index contributed by atoms with van der Waals surface area (Å²) in [7, 11) is 3.18. The lowest BCUT2D eigenvalue weighted by Crippen LogP contribution is -2.49. The van der Waals surface area contributed by atoms with Gasteiger partial charge in [0.25, 0.3) is 0 Å². The number of aliphatic hydroxyl groups excluding tert-OH is 1. The number of benzene rings is 1. The number of piperazine rings is 1. The van der Waals surface area contributed by atoms with E-state index in [-0.39, 0.29) is 30.5 Å². The van der Waals surface area contributed by atoms with Crippen LogP contribution < -0.4 is 14.8 Å². The summed E-state index contributed by atoms with van der Waals surface area (Å²) in [6, 6.07) is 3.86. The van der Waals surface area contributed by atoms with E-state index in [0.717, 1.165) is 31.7 Å². The molecule has 0 aromatic heterocycles. The molecule has 1 atom stereocenters. The van der Waals surface area contributed by atoms with Gasteiger partial charge < -0.3 is 19.9 Å². The molecule has 0 amide bonds. The molecule has 1 aromatic carbocycles. The summed E-state index contributed by atoms with van der Waals surface area (Å²) < 4.78 is 10.8. The molecule has 0 bridgehead atoms. The summed E-state index contributed by atoms with van der Waals surface area (Å²) in [5, 5.41) is 13.9. The molecule has 1 fully saturated rings. The van der Waals surface area contributed by atoms with E-state index in [1.54, 1.807) is 14.2 Å². The highest BCUT2D eigenvalue weighted by Crippen LogP contribution is 2.46. The van der Waals surface area contributed by atoms with Crippen LogP contribution in [-0.2, 0) is 0 Å². The molecule has 1 heterocycles. The number of aliphatic hydroxyl groups is 1. The largest absolute Gasteiger partial charge is 0.493 e. The minimum atomic E-state index is -0.333. The Morgan fingerprint density at radius 2 is 1.88 bits per heavy atom. The van der Waals surface area contributed by atoms with Gasteiger partial charge in [-0.1, -0.05) is 31.5 Å². The Bertz CT molecular complexity index is 535. The number of nitrogens with one attached hydrogen (secondary N) is 1. The van der Waals surface area contributed by atoms with E-state index in [1.165, 1.54) is 0 Å². The Balaban J connectivity index is 0.00000288. The highest BCUT2D eigenvalue weighted by molar-refractivity contribution is 6.33. The predicted octanol–water partition coefficient (Wildman–Crippen LogP) is 2.74. The number of ether oxygens (including phenoxy) is 2. The molecule has 138 valence electrons. The first-order valence-electron chi connectivity index (χ1n) is 7.92. The molecule has 0 unspecified atom stereocenters. The highest BCUT2D eigenvalue weighted by atomic mass is 35.5. The maximum absolute atomic E-state index is 9.93. The number of nitrogens with zero attached hydrogens (tertiary/aromatic N) is 1. The second kappa shape index (κ2) is 9.11. The smallest absolute Gasteiger partial charge is 0.179 e. The summed E-state index contributed by atoms with van der Waals surface area (Å²) in [5.74, 6) is 1.16. The van der Waals surface area contributed by atoms with Crippen LogP contribution in [0.5, 0.6) is 11.5 Å². The Hall–Kier alpha value is -0.720. The van der Waals surface area contributed by atoms with Crippen molar-refractivity contribution in [2.24, 2.45) is 5.41 Å². The first-order chi connectivity index (χ1) is 11.0. The number of methoxy groups -OCH3 is 2. The Morgan fingerprint density at radius 1 is 1.25 bits per heavy atom. The fraction of sp³-hybridized carbons (Fsp3) is 0.647. The molecule has 0 saturated carbocycles. The molecule has 1 aromatic rings. The van der Waals surface area contributed by atoms with Crippen LogP contribution in [0.15, 0.2) is 12.1 Å². The molecule has 7 heteroatoms. The van der Waals surface area contributed by atoms with E-state index in [2.05, 4.69) is 24.1 Å². The van der Waals surface area contributed by atoms with Gasteiger partial charge in [0.2, 0.25) is 0 Å². The molecule has 1 aliphatic rings. The molecular formula is C17H28Cl2N2O3. The quantitative estimate of drug-likeness (QED) is 0.796. The van der Waals surface area contributed by atoms with Gasteiger partial charge in [-0.05, 0) is 11.6 Å². The SMILES string of the molecule is COc1ccc([C@@H](N2CCNCC2)C(C)(C)CO)c(Cl)c1OC.Cl. The van der Waals surface area contributed by atoms with Crippen molar-refractivity contribution < 1.29 is 14.6 Å². The number of halogens is 2. The van der Waals surface area contributed by atoms with E-state index >= 15 is 0 Å². The molecule has 0 spiro atoms. The third kappa shape index (κ3) is 4.27. The highest BCUT2D eigenvalue weighted by Gasteiger charge is 2.37. The van der Waals surface area contributed by atoms with Crippen LogP contribution in [-0.4, -0.2) is 57.0 Å². The zero-order chi connectivity index (χ0) is 17.0. The molecule has 1 aliphatic heterocycles. The topological polar surface area (TPSA) is 54.0 Å². The van der Waals surface area contributed by atoms with Crippen LogP contribution in [0.3, 0.4) is 0 Å². The van der Waals surface area contributed by atoms with Crippen LogP contribution in [0.1, 0.15) is 25.5 Å². The Morgan fingerprint density at radius 3 is 2.38 bits per heavy atom. The zero-order valence-corrected chi connectivity index (χ0v) is 16.3. The zero-order valence-electron chi connectivity index (χ0n) is 14.8. The van der Waals surface area contributed by atoms with Crippen molar-refractivity contribution in [3.05, 3.63) is 22.7 Å². The predicted molar refractivity (Wildman–Crippen MR) is 99.9 cm³/mol. The molecule has 5 nitrogen and oxygen atoms in total. The van der Waals surface area contributed by atoms with Gasteiger partial charge >= 0.3 is 0 Å². The van der Waals surface area contributed by atoms with Crippen LogP contribution in [0, 0.1) is 5.41 Å². The molecule has 24 heavy (non-hydrogen) atoms. The summed E-state index contributed by atoms with van der Waals surface area (Å²) >= 11 is 6.64. The monoisotopic (exact) mass is 378 g/mol. The fourth-order valence-electron chi connectivity index (χ4n) is 3.25. The first kappa shape index (κ1) is 21.3. The van der Waals surface area contributed by atoms with E-state index in [4.69, 9.17) is 21.1 Å². The Kier molecular flexibility index (Phi) is 8.09. The van der Waals surface area contributed by atoms with Crippen LogP contribution >= 0.6 is 24.0 Å². The van der Waals surface area contributed by atoms with Crippen molar-refractivity contribution >= 4 is 24.0 Å². The molecule has 2 N–H and O–H groups in total. The van der Waals surface area contributed by atoms with Crippen molar-refractivity contribution in [1.29, 1.82) is 0 Å². The number of hydrogen-bond acceptors (Lipinski definition) is 5. The minimum Gasteiger partial charge on any atom is -0.493 e. The van der Waals surface area contributed by atoms with Crippen molar-refractivity contribution in [1.82, 2.24) is 10.2 Å². The van der Waals surface area contributed by atoms with Gasteiger partial charge in [0.05, 0.1) is 19.2 Å². The van der Waals surface area contributed by atoms with Gasteiger partial charge in [0.1, 0.15) is 0 Å². The molecule has 1 saturated heterocycles. The second-order valence-corrected chi connectivity index (χ2v) is 6.92. The van der Waals surface area contributed by atoms with Crippen LogP contribution in [0.2, 0.25) is 5.02 Å². The van der Waals surface area contributed by atoms with Crippen molar-refractivity contribution in [3.63, 3.8) is 0 Å². The van der Waals surface area contributed by atoms with E-state index in [1.807, 2.05) is 12.1 Å². The average molecular weight is 379 g/mol. The van der Waals surface area contributed by atoms with Gasteiger partial charge in [-0.2, -0.15) is 0 Å². The first-order valence-corrected chi connectivity index (χ1v) is 8.30. The minimum absolute atomic E-state index is 0. The van der Waals surface area contributed by atoms with Gasteiger partial charge in [0, 0.05) is 44.2 Å². The third-order valence-electron chi connectivity index (χ3n) is 4.47. The van der Waals surface area contributed by atoms with Gasteiger partial charge in [-0.3, -0.25) is 4.90 Å². The fourth-order valence-corrected chi connectivity index (χ4v) is 3.59. The van der Waals surface area contributed by atoms with Gasteiger partial charge in [-0.15, -0.1) is 12.4 Å². The normalized spacial score (nSPS) is 17.1. The van der Waals surface area contributed by atoms with Gasteiger partial charge in [-0.25, -0.2) is 0 Å². The molecule has 0 aliphatic carbocycles. The van der Waals surface area contributed by atoms with E-state index < -0.39 is 0 Å². The summed E-state index contributed by atoms with van der Waals surface area (Å²) in [5.41, 5.74) is 0.630. The lowest BCUT2D eigenvalue weighted by Gasteiger charge is -2.44. The standard InChI is InChI=1S/C17H27ClN2O3.ClH/c1-17(2,11-21)16(20-9-7-19-8-10-20)12-5-6-13(22-3)15(23-4)14(12)18;/h5-6,16,19,21H,7-11H2,1-4H3;1H/t16-;/m1./s1. The average Bonchev–Trinajstić information content (AvgIpc) is 2.57. The lowest BCUT2D eigenvalue weighted by molar-refractivity contribution is 0.0304. The number of hydrogen-bond donors (Lipinski definition) is 2. The summed E-state index contributed by atoms with van der Waals surface area (Å²) in [6.45, 7) is 7.90. The molecule has 0 radical (unpaired) electrons. The lowest BCUT2D eigenvalue weighted by atomic mass is 9.79. The maximum Gasteiger partial charge on any atom is 0.179 e. The summed E-state index contributed by atoms with van der Waals surface area (Å²) in [6.07, 6.45) is 0. The van der Waals surface area contributed by atoms with Crippen LogP contribution in [0.4, 0.5) is 0 Å². The van der Waals surface area contributed by atoms with Gasteiger partial charge in [0.15, 0.2) is 11.5 Å². The van der Waals surface area contributed by atoms with E-state index in [9.17, 15) is 5.11 Å². The third-order valence-corrected chi connectivity index (χ3v) is 4.86. The molecular weight excluding hydrogens is 351 g/mol. The molecule has 2 rings (SSSR count). The van der Waals surface area contributed by atoms with E-state index in [0.29, 0.717) is 16.5 Å². The van der Waals surface area contributed by atoms with Crippen molar-refractivity contribution in [2.45, 2.75) is 19.9 Å². The van der Waals surface area contributed by atoms with Crippen molar-refractivity contribution in [2.75, 3.05) is 47.0 Å². The summed E-state index contributed by atoms with van der Waals surface area (Å²) in [4.78, 5) is 2.37. The number of rotatable bonds is 6.